The topological polar surface area (TPSA) is 76.8 Å². The molecular weight excluding hydrogens is 365 g/mol. The number of hydrogen-bond acceptors (Lipinski definition) is 5. The number of amides is 1. The summed E-state index contributed by atoms with van der Waals surface area (Å²) in [5, 5.41) is 3.12. The highest BCUT2D eigenvalue weighted by Crippen LogP contribution is 2.30. The summed E-state index contributed by atoms with van der Waals surface area (Å²) in [6, 6.07) is 8.09. The van der Waals surface area contributed by atoms with Crippen molar-refractivity contribution in [1.82, 2.24) is 5.32 Å². The zero-order chi connectivity index (χ0) is 16.3. The molecule has 2 aliphatic heterocycles. The van der Waals surface area contributed by atoms with Crippen molar-refractivity contribution in [1.29, 1.82) is 0 Å². The largest absolute Gasteiger partial charge is 0.495 e. The maximum atomic E-state index is 12.5. The van der Waals surface area contributed by atoms with Crippen LogP contribution in [0.15, 0.2) is 24.3 Å². The fraction of sp³-hybridized carbons (Fsp3) is 0.588. The van der Waals surface area contributed by atoms with Crippen LogP contribution in [0.1, 0.15) is 19.3 Å². The van der Waals surface area contributed by atoms with Gasteiger partial charge in [0, 0.05) is 32.3 Å². The Morgan fingerprint density at radius 3 is 2.68 bits per heavy atom. The number of methoxy groups -OCH3 is 1. The van der Waals surface area contributed by atoms with Crippen molar-refractivity contribution in [2.24, 2.45) is 5.73 Å². The van der Waals surface area contributed by atoms with Crippen LogP contribution in [-0.2, 0) is 9.53 Å². The average molecular weight is 392 g/mol. The van der Waals surface area contributed by atoms with Gasteiger partial charge in [-0.25, -0.2) is 0 Å². The number of para-hydroxylation sites is 2. The van der Waals surface area contributed by atoms with Gasteiger partial charge in [-0.2, -0.15) is 0 Å². The van der Waals surface area contributed by atoms with Crippen molar-refractivity contribution in [2.45, 2.75) is 30.8 Å². The summed E-state index contributed by atoms with van der Waals surface area (Å²) in [6.45, 7) is 2.79. The SMILES string of the molecule is COc1ccccc1N1CCC(NC(=O)C2(N)CCOCC2)C1.Cl.Cl. The van der Waals surface area contributed by atoms with Crippen LogP contribution in [0.4, 0.5) is 5.69 Å². The van der Waals surface area contributed by atoms with E-state index < -0.39 is 5.54 Å². The summed E-state index contributed by atoms with van der Waals surface area (Å²) in [4.78, 5) is 14.8. The van der Waals surface area contributed by atoms with E-state index in [0.717, 1.165) is 30.9 Å². The lowest BCUT2D eigenvalue weighted by Crippen LogP contribution is -2.59. The molecule has 0 bridgehead atoms. The summed E-state index contributed by atoms with van der Waals surface area (Å²) >= 11 is 0. The van der Waals surface area contributed by atoms with Crippen LogP contribution >= 0.6 is 24.8 Å². The number of nitrogens with zero attached hydrogens (tertiary/aromatic N) is 1. The summed E-state index contributed by atoms with van der Waals surface area (Å²) in [7, 11) is 1.68. The first-order chi connectivity index (χ1) is 11.1. The molecule has 0 aromatic heterocycles. The van der Waals surface area contributed by atoms with Gasteiger partial charge in [0.1, 0.15) is 5.75 Å². The predicted octanol–water partition coefficient (Wildman–Crippen LogP) is 1.74. The molecule has 2 heterocycles. The van der Waals surface area contributed by atoms with E-state index in [-0.39, 0.29) is 36.8 Å². The van der Waals surface area contributed by atoms with Crippen LogP contribution in [0.2, 0.25) is 0 Å². The lowest BCUT2D eigenvalue weighted by Gasteiger charge is -2.33. The van der Waals surface area contributed by atoms with Gasteiger partial charge in [0.15, 0.2) is 0 Å². The van der Waals surface area contributed by atoms with E-state index in [0.29, 0.717) is 26.1 Å². The van der Waals surface area contributed by atoms with E-state index in [1.54, 1.807) is 7.11 Å². The number of nitrogens with two attached hydrogens (primary N) is 1. The second-order valence-electron chi connectivity index (χ2n) is 6.35. The van der Waals surface area contributed by atoms with Crippen LogP contribution < -0.4 is 20.7 Å². The van der Waals surface area contributed by atoms with Crippen LogP contribution in [0, 0.1) is 0 Å². The Morgan fingerprint density at radius 2 is 2.00 bits per heavy atom. The number of anilines is 1. The number of nitrogens with one attached hydrogen (secondary N) is 1. The number of carbonyl (C=O) groups excluding carboxylic acids is 1. The maximum Gasteiger partial charge on any atom is 0.240 e. The summed E-state index contributed by atoms with van der Waals surface area (Å²) < 4.78 is 10.7. The number of halogens is 2. The van der Waals surface area contributed by atoms with E-state index in [1.165, 1.54) is 0 Å². The van der Waals surface area contributed by atoms with Gasteiger partial charge >= 0.3 is 0 Å². The molecule has 1 atom stereocenters. The normalized spacial score (nSPS) is 21.7. The number of hydrogen-bond donors (Lipinski definition) is 2. The molecule has 1 aromatic rings. The molecule has 1 aromatic carbocycles. The predicted molar refractivity (Wildman–Crippen MR) is 103 cm³/mol. The molecule has 2 saturated heterocycles. The Kier molecular flexibility index (Phi) is 8.28. The van der Waals surface area contributed by atoms with Crippen LogP contribution in [0.5, 0.6) is 5.75 Å². The molecule has 3 rings (SSSR count). The van der Waals surface area contributed by atoms with Crippen molar-refractivity contribution in [3.05, 3.63) is 24.3 Å². The van der Waals surface area contributed by atoms with Gasteiger partial charge in [0.25, 0.3) is 0 Å². The van der Waals surface area contributed by atoms with Gasteiger partial charge < -0.3 is 25.4 Å². The quantitative estimate of drug-likeness (QED) is 0.817. The van der Waals surface area contributed by atoms with E-state index in [1.807, 2.05) is 24.3 Å². The molecule has 1 unspecified atom stereocenters. The summed E-state index contributed by atoms with van der Waals surface area (Å²) in [6.07, 6.45) is 2.08. The Labute approximate surface area is 161 Å². The number of rotatable bonds is 4. The minimum atomic E-state index is -0.782. The molecule has 142 valence electrons. The zero-order valence-electron chi connectivity index (χ0n) is 14.4. The molecule has 0 saturated carbocycles. The molecule has 0 spiro atoms. The average Bonchev–Trinajstić information content (AvgIpc) is 3.04. The molecule has 1 amide bonds. The smallest absolute Gasteiger partial charge is 0.240 e. The fourth-order valence-electron chi connectivity index (χ4n) is 3.28. The third-order valence-corrected chi connectivity index (χ3v) is 4.79. The standard InChI is InChI=1S/C17H25N3O3.2ClH/c1-22-15-5-3-2-4-14(15)20-9-6-13(12-20)19-16(21)17(18)7-10-23-11-8-17;;/h2-5,13H,6-12,18H2,1H3,(H,19,21);2*1H. The lowest BCUT2D eigenvalue weighted by molar-refractivity contribution is -0.130. The minimum Gasteiger partial charge on any atom is -0.495 e. The molecule has 8 heteroatoms. The number of carbonyl (C=O) groups is 1. The number of benzene rings is 1. The highest BCUT2D eigenvalue weighted by molar-refractivity contribution is 5.86. The van der Waals surface area contributed by atoms with Crippen LogP contribution in [0.3, 0.4) is 0 Å². The highest BCUT2D eigenvalue weighted by atomic mass is 35.5. The maximum absolute atomic E-state index is 12.5. The van der Waals surface area contributed by atoms with Crippen molar-refractivity contribution in [3.8, 4) is 5.75 Å². The van der Waals surface area contributed by atoms with Crippen molar-refractivity contribution >= 4 is 36.4 Å². The van der Waals surface area contributed by atoms with Crippen molar-refractivity contribution in [3.63, 3.8) is 0 Å². The monoisotopic (exact) mass is 391 g/mol. The van der Waals surface area contributed by atoms with Gasteiger partial charge in [-0.05, 0) is 31.4 Å². The van der Waals surface area contributed by atoms with E-state index in [4.69, 9.17) is 15.2 Å². The number of ether oxygens (including phenoxy) is 2. The van der Waals surface area contributed by atoms with Crippen LogP contribution in [-0.4, -0.2) is 50.9 Å². The lowest BCUT2D eigenvalue weighted by atomic mass is 9.90. The van der Waals surface area contributed by atoms with E-state index >= 15 is 0 Å². The molecule has 6 nitrogen and oxygen atoms in total. The second kappa shape index (κ2) is 9.48. The molecule has 25 heavy (non-hydrogen) atoms. The van der Waals surface area contributed by atoms with Crippen molar-refractivity contribution < 1.29 is 14.3 Å². The second-order valence-corrected chi connectivity index (χ2v) is 6.35. The Hall–Kier alpha value is -1.21. The highest BCUT2D eigenvalue weighted by Gasteiger charge is 2.38. The fourth-order valence-corrected chi connectivity index (χ4v) is 3.28. The van der Waals surface area contributed by atoms with Crippen molar-refractivity contribution in [2.75, 3.05) is 38.3 Å². The Morgan fingerprint density at radius 1 is 1.32 bits per heavy atom. The molecular formula is C17H27Cl2N3O3. The molecule has 2 fully saturated rings. The van der Waals surface area contributed by atoms with Gasteiger partial charge in [-0.1, -0.05) is 12.1 Å². The van der Waals surface area contributed by atoms with Gasteiger partial charge in [-0.15, -0.1) is 24.8 Å². The Balaban J connectivity index is 0.00000156. The Bertz CT molecular complexity index is 568. The van der Waals surface area contributed by atoms with Gasteiger partial charge in [-0.3, -0.25) is 4.79 Å². The molecule has 3 N–H and O–H groups in total. The molecule has 2 aliphatic rings. The first-order valence-corrected chi connectivity index (χ1v) is 8.18. The first kappa shape index (κ1) is 21.8. The summed E-state index contributed by atoms with van der Waals surface area (Å²) in [5.41, 5.74) is 6.53. The minimum absolute atomic E-state index is 0. The third kappa shape index (κ3) is 4.91. The van der Waals surface area contributed by atoms with Gasteiger partial charge in [0.05, 0.1) is 18.3 Å². The van der Waals surface area contributed by atoms with Crippen LogP contribution in [0.25, 0.3) is 0 Å². The van der Waals surface area contributed by atoms with E-state index in [9.17, 15) is 4.79 Å². The molecule has 0 aliphatic carbocycles. The zero-order valence-corrected chi connectivity index (χ0v) is 16.0. The molecule has 0 radical (unpaired) electrons. The summed E-state index contributed by atoms with van der Waals surface area (Å²) in [5.74, 6) is 0.812. The third-order valence-electron chi connectivity index (χ3n) is 4.79. The van der Waals surface area contributed by atoms with E-state index in [2.05, 4.69) is 10.2 Å². The first-order valence-electron chi connectivity index (χ1n) is 8.18. The van der Waals surface area contributed by atoms with Gasteiger partial charge in [0.2, 0.25) is 5.91 Å².